The molecule has 0 aliphatic rings. The van der Waals surface area contributed by atoms with Gasteiger partial charge in [0.1, 0.15) is 5.75 Å². The smallest absolute Gasteiger partial charge is 0.260 e. The quantitative estimate of drug-likeness (QED) is 0.379. The fourth-order valence-corrected chi connectivity index (χ4v) is 5.34. The zero-order valence-corrected chi connectivity index (χ0v) is 20.1. The standard InChI is InChI=1S/C24H23N3O4S2/c1-16(2)33(29,30)20-9-6-7-17(13-20)23(28)27(15-18-8-4-5-12-25-18)24-26-21-11-10-19(31-3)14-22(21)32-24/h4-14,16H,15H2,1-3H3. The number of pyridine rings is 1. The monoisotopic (exact) mass is 481 g/mol. The molecule has 2 heterocycles. The number of aromatic nitrogens is 2. The number of sulfone groups is 1. The number of hydrogen-bond donors (Lipinski definition) is 0. The Labute approximate surface area is 196 Å². The van der Waals surface area contributed by atoms with E-state index in [2.05, 4.69) is 9.97 Å². The number of methoxy groups -OCH3 is 1. The van der Waals surface area contributed by atoms with Crippen LogP contribution in [0.5, 0.6) is 5.75 Å². The van der Waals surface area contributed by atoms with E-state index in [9.17, 15) is 13.2 Å². The van der Waals surface area contributed by atoms with Gasteiger partial charge in [-0.15, -0.1) is 0 Å². The number of fused-ring (bicyclic) bond motifs is 1. The number of carbonyl (C=O) groups excluding carboxylic acids is 1. The molecule has 0 atom stereocenters. The number of ether oxygens (including phenoxy) is 1. The first-order chi connectivity index (χ1) is 15.8. The summed E-state index contributed by atoms with van der Waals surface area (Å²) in [6.45, 7) is 3.43. The van der Waals surface area contributed by atoms with E-state index < -0.39 is 15.1 Å². The van der Waals surface area contributed by atoms with E-state index in [1.165, 1.54) is 28.4 Å². The van der Waals surface area contributed by atoms with E-state index in [-0.39, 0.29) is 22.9 Å². The maximum atomic E-state index is 13.6. The van der Waals surface area contributed by atoms with E-state index >= 15 is 0 Å². The summed E-state index contributed by atoms with van der Waals surface area (Å²) in [6.07, 6.45) is 1.66. The normalized spacial score (nSPS) is 11.6. The maximum Gasteiger partial charge on any atom is 0.260 e. The molecule has 0 bridgehead atoms. The molecule has 0 saturated heterocycles. The van der Waals surface area contributed by atoms with Crippen molar-refractivity contribution >= 4 is 42.4 Å². The summed E-state index contributed by atoms with van der Waals surface area (Å²) >= 11 is 1.36. The van der Waals surface area contributed by atoms with Crippen molar-refractivity contribution < 1.29 is 17.9 Å². The minimum absolute atomic E-state index is 0.121. The number of nitrogens with zero attached hydrogens (tertiary/aromatic N) is 3. The van der Waals surface area contributed by atoms with Crippen LogP contribution in [0.4, 0.5) is 5.13 Å². The molecule has 33 heavy (non-hydrogen) atoms. The summed E-state index contributed by atoms with van der Waals surface area (Å²) in [5.74, 6) is 0.347. The Hall–Kier alpha value is -3.30. The molecule has 0 spiro atoms. The molecule has 0 radical (unpaired) electrons. The highest BCUT2D eigenvalue weighted by Crippen LogP contribution is 2.33. The van der Waals surface area contributed by atoms with Gasteiger partial charge in [0.25, 0.3) is 5.91 Å². The molecule has 4 rings (SSSR count). The molecule has 4 aromatic rings. The van der Waals surface area contributed by atoms with Crippen LogP contribution in [0.25, 0.3) is 10.2 Å². The molecule has 0 fully saturated rings. The molecule has 0 aliphatic heterocycles. The van der Waals surface area contributed by atoms with Gasteiger partial charge in [0.05, 0.1) is 39.7 Å². The van der Waals surface area contributed by atoms with E-state index in [4.69, 9.17) is 4.74 Å². The number of carbonyl (C=O) groups is 1. The Morgan fingerprint density at radius 2 is 1.91 bits per heavy atom. The second kappa shape index (κ2) is 9.29. The average molecular weight is 482 g/mol. The summed E-state index contributed by atoms with van der Waals surface area (Å²) in [5, 5.41) is -0.0993. The van der Waals surface area contributed by atoms with Crippen LogP contribution < -0.4 is 9.64 Å². The predicted molar refractivity (Wildman–Crippen MR) is 130 cm³/mol. The molecule has 1 amide bonds. The molecule has 7 nitrogen and oxygen atoms in total. The van der Waals surface area contributed by atoms with Crippen LogP contribution in [0.15, 0.2) is 71.8 Å². The third kappa shape index (κ3) is 4.74. The Morgan fingerprint density at radius 3 is 2.61 bits per heavy atom. The highest BCUT2D eigenvalue weighted by molar-refractivity contribution is 7.92. The molecule has 0 aliphatic carbocycles. The molecular weight excluding hydrogens is 458 g/mol. The number of benzene rings is 2. The van der Waals surface area contributed by atoms with Crippen molar-refractivity contribution in [3.8, 4) is 5.75 Å². The zero-order valence-electron chi connectivity index (χ0n) is 18.4. The number of hydrogen-bond acceptors (Lipinski definition) is 7. The zero-order chi connectivity index (χ0) is 23.6. The van der Waals surface area contributed by atoms with Crippen molar-refractivity contribution in [3.63, 3.8) is 0 Å². The lowest BCUT2D eigenvalue weighted by Crippen LogP contribution is -2.31. The van der Waals surface area contributed by atoms with Gasteiger partial charge in [-0.05, 0) is 62.4 Å². The summed E-state index contributed by atoms with van der Waals surface area (Å²) in [5.41, 5.74) is 1.70. The molecule has 0 N–H and O–H groups in total. The van der Waals surface area contributed by atoms with Gasteiger partial charge in [0, 0.05) is 11.8 Å². The molecule has 2 aromatic carbocycles. The van der Waals surface area contributed by atoms with Gasteiger partial charge in [0.2, 0.25) is 0 Å². The van der Waals surface area contributed by atoms with E-state index in [0.717, 1.165) is 10.2 Å². The number of amides is 1. The van der Waals surface area contributed by atoms with Gasteiger partial charge in [-0.25, -0.2) is 13.4 Å². The van der Waals surface area contributed by atoms with Crippen molar-refractivity contribution in [1.29, 1.82) is 0 Å². The van der Waals surface area contributed by atoms with Gasteiger partial charge < -0.3 is 4.74 Å². The lowest BCUT2D eigenvalue weighted by Gasteiger charge is -2.20. The van der Waals surface area contributed by atoms with Crippen molar-refractivity contribution in [1.82, 2.24) is 9.97 Å². The molecule has 9 heteroatoms. The van der Waals surface area contributed by atoms with Crippen molar-refractivity contribution in [2.45, 2.75) is 30.5 Å². The molecule has 0 unspecified atom stereocenters. The van der Waals surface area contributed by atoms with Gasteiger partial charge in [-0.1, -0.05) is 23.5 Å². The minimum Gasteiger partial charge on any atom is -0.497 e. The second-order valence-electron chi connectivity index (χ2n) is 7.66. The fourth-order valence-electron chi connectivity index (χ4n) is 3.25. The van der Waals surface area contributed by atoms with Gasteiger partial charge in [0.15, 0.2) is 15.0 Å². The lowest BCUT2D eigenvalue weighted by molar-refractivity contribution is 0.0984. The third-order valence-corrected chi connectivity index (χ3v) is 8.33. The maximum absolute atomic E-state index is 13.6. The van der Waals surface area contributed by atoms with Crippen LogP contribution in [-0.4, -0.2) is 36.7 Å². The van der Waals surface area contributed by atoms with Crippen LogP contribution in [0.2, 0.25) is 0 Å². The van der Waals surface area contributed by atoms with Gasteiger partial charge in [-0.3, -0.25) is 14.7 Å². The Bertz CT molecular complexity index is 1400. The molecule has 0 saturated carbocycles. The van der Waals surface area contributed by atoms with Crippen LogP contribution in [0, 0.1) is 0 Å². The van der Waals surface area contributed by atoms with Crippen molar-refractivity contribution in [3.05, 3.63) is 78.1 Å². The van der Waals surface area contributed by atoms with Crippen LogP contribution >= 0.6 is 11.3 Å². The van der Waals surface area contributed by atoms with Crippen molar-refractivity contribution in [2.24, 2.45) is 0 Å². The van der Waals surface area contributed by atoms with E-state index in [1.54, 1.807) is 45.4 Å². The third-order valence-electron chi connectivity index (χ3n) is 5.14. The van der Waals surface area contributed by atoms with Crippen LogP contribution in [0.3, 0.4) is 0 Å². The first-order valence-corrected chi connectivity index (χ1v) is 12.7. The van der Waals surface area contributed by atoms with E-state index in [0.29, 0.717) is 16.6 Å². The van der Waals surface area contributed by atoms with Crippen LogP contribution in [-0.2, 0) is 16.4 Å². The summed E-state index contributed by atoms with van der Waals surface area (Å²) in [4.78, 5) is 24.3. The highest BCUT2D eigenvalue weighted by Gasteiger charge is 2.25. The topological polar surface area (TPSA) is 89.5 Å². The number of thiazole rings is 1. The Morgan fingerprint density at radius 1 is 1.09 bits per heavy atom. The van der Waals surface area contributed by atoms with Gasteiger partial charge in [-0.2, -0.15) is 0 Å². The molecule has 170 valence electrons. The van der Waals surface area contributed by atoms with Crippen molar-refractivity contribution in [2.75, 3.05) is 12.0 Å². The number of rotatable bonds is 7. The average Bonchev–Trinajstić information content (AvgIpc) is 3.25. The largest absolute Gasteiger partial charge is 0.497 e. The molecular formula is C24H23N3O4S2. The first-order valence-electron chi connectivity index (χ1n) is 10.3. The minimum atomic E-state index is -3.52. The first kappa shape index (κ1) is 22.9. The van der Waals surface area contributed by atoms with Gasteiger partial charge >= 0.3 is 0 Å². The Balaban J connectivity index is 1.78. The van der Waals surface area contributed by atoms with Crippen LogP contribution in [0.1, 0.15) is 29.9 Å². The summed E-state index contributed by atoms with van der Waals surface area (Å²) in [7, 11) is -1.92. The molecule has 2 aromatic heterocycles. The SMILES string of the molecule is COc1ccc2nc(N(Cc3ccccn3)C(=O)c3cccc(S(=O)(=O)C(C)C)c3)sc2c1. The Kier molecular flexibility index (Phi) is 6.44. The summed E-state index contributed by atoms with van der Waals surface area (Å²) in [6, 6.07) is 17.2. The van der Waals surface area contributed by atoms with E-state index in [1.807, 2.05) is 30.3 Å². The fraction of sp³-hybridized carbons (Fsp3) is 0.208. The predicted octanol–water partition coefficient (Wildman–Crippen LogP) is 4.73. The lowest BCUT2D eigenvalue weighted by atomic mass is 10.2. The number of anilines is 1. The second-order valence-corrected chi connectivity index (χ2v) is 11.2. The summed E-state index contributed by atoms with van der Waals surface area (Å²) < 4.78 is 31.5. The highest BCUT2D eigenvalue weighted by atomic mass is 32.2.